The summed E-state index contributed by atoms with van der Waals surface area (Å²) in [6.07, 6.45) is 3.83. The SMILES string of the molecule is CC1CCCN(C(=O)/C=C/CNC(=O)OCC2c3ccccc3-c3ccccc32)C1C(=O)O. The predicted molar refractivity (Wildman–Crippen MR) is 124 cm³/mol. The van der Waals surface area contributed by atoms with Crippen LogP contribution in [-0.2, 0) is 14.3 Å². The van der Waals surface area contributed by atoms with Gasteiger partial charge in [0, 0.05) is 25.1 Å². The van der Waals surface area contributed by atoms with Crippen LogP contribution in [0.3, 0.4) is 0 Å². The van der Waals surface area contributed by atoms with Gasteiger partial charge in [-0.1, -0.05) is 61.5 Å². The van der Waals surface area contributed by atoms with Gasteiger partial charge in [0.2, 0.25) is 5.91 Å². The standard InChI is InChI=1S/C26H28N2O5/c1-17-8-7-15-28(24(17)25(30)31)23(29)13-6-14-27-26(32)33-16-22-20-11-4-2-9-18(20)19-10-3-5-12-21(19)22/h2-6,9-13,17,22,24H,7-8,14-16H2,1H3,(H,27,32)(H,30,31)/b13-6+. The second-order valence-electron chi connectivity index (χ2n) is 8.54. The zero-order valence-electron chi connectivity index (χ0n) is 18.6. The van der Waals surface area contributed by atoms with Crippen LogP contribution in [0.25, 0.3) is 11.1 Å². The van der Waals surface area contributed by atoms with E-state index < -0.39 is 18.1 Å². The summed E-state index contributed by atoms with van der Waals surface area (Å²) < 4.78 is 5.47. The van der Waals surface area contributed by atoms with E-state index in [1.165, 1.54) is 17.1 Å². The molecule has 2 unspecified atom stereocenters. The molecule has 4 rings (SSSR count). The van der Waals surface area contributed by atoms with Crippen LogP contribution in [0, 0.1) is 5.92 Å². The number of nitrogens with one attached hydrogen (secondary N) is 1. The van der Waals surface area contributed by atoms with Gasteiger partial charge in [0.1, 0.15) is 12.6 Å². The number of carbonyl (C=O) groups is 3. The molecular weight excluding hydrogens is 420 g/mol. The molecule has 1 fully saturated rings. The first kappa shape index (κ1) is 22.6. The summed E-state index contributed by atoms with van der Waals surface area (Å²) in [5, 5.41) is 12.1. The summed E-state index contributed by atoms with van der Waals surface area (Å²) in [4.78, 5) is 37.6. The molecule has 1 saturated heterocycles. The van der Waals surface area contributed by atoms with Crippen molar-refractivity contribution in [1.29, 1.82) is 0 Å². The Bertz CT molecular complexity index is 1030. The number of likely N-dealkylation sites (tertiary alicyclic amines) is 1. The molecule has 2 atom stereocenters. The minimum absolute atomic E-state index is 0.0192. The zero-order valence-corrected chi connectivity index (χ0v) is 18.6. The highest BCUT2D eigenvalue weighted by Crippen LogP contribution is 2.44. The number of carboxylic acid groups (broad SMARTS) is 1. The number of fused-ring (bicyclic) bond motifs is 3. The van der Waals surface area contributed by atoms with Crippen molar-refractivity contribution in [3.05, 3.63) is 71.8 Å². The summed E-state index contributed by atoms with van der Waals surface area (Å²) in [6, 6.07) is 15.4. The number of aliphatic carboxylic acids is 1. The molecule has 0 spiro atoms. The number of piperidine rings is 1. The maximum Gasteiger partial charge on any atom is 0.407 e. The number of carbonyl (C=O) groups excluding carboxylic acids is 2. The highest BCUT2D eigenvalue weighted by molar-refractivity contribution is 5.91. The lowest BCUT2D eigenvalue weighted by atomic mass is 9.90. The molecule has 0 saturated carbocycles. The first-order chi connectivity index (χ1) is 16.0. The number of rotatable bonds is 6. The number of ether oxygens (including phenoxy) is 1. The van der Waals surface area contributed by atoms with Gasteiger partial charge in [-0.05, 0) is 41.0 Å². The van der Waals surface area contributed by atoms with E-state index in [-0.39, 0.29) is 30.9 Å². The number of benzene rings is 2. The van der Waals surface area contributed by atoms with Crippen molar-refractivity contribution < 1.29 is 24.2 Å². The van der Waals surface area contributed by atoms with E-state index in [9.17, 15) is 19.5 Å². The van der Waals surface area contributed by atoms with Gasteiger partial charge in [0.05, 0.1) is 0 Å². The summed E-state index contributed by atoms with van der Waals surface area (Å²) in [5.41, 5.74) is 4.60. The van der Waals surface area contributed by atoms with Crippen LogP contribution in [0.1, 0.15) is 36.8 Å². The van der Waals surface area contributed by atoms with Crippen molar-refractivity contribution in [3.63, 3.8) is 0 Å². The molecule has 0 radical (unpaired) electrons. The molecule has 172 valence electrons. The molecule has 2 aromatic carbocycles. The minimum atomic E-state index is -0.985. The molecule has 0 aromatic heterocycles. The quantitative estimate of drug-likeness (QED) is 0.656. The normalized spacial score (nSPS) is 19.7. The third-order valence-corrected chi connectivity index (χ3v) is 6.44. The number of hydrogen-bond acceptors (Lipinski definition) is 4. The van der Waals surface area contributed by atoms with E-state index in [2.05, 4.69) is 29.6 Å². The second-order valence-corrected chi connectivity index (χ2v) is 8.54. The van der Waals surface area contributed by atoms with Crippen molar-refractivity contribution in [1.82, 2.24) is 10.2 Å². The van der Waals surface area contributed by atoms with Crippen LogP contribution in [0.15, 0.2) is 60.7 Å². The van der Waals surface area contributed by atoms with Gasteiger partial charge >= 0.3 is 12.1 Å². The van der Waals surface area contributed by atoms with Crippen molar-refractivity contribution >= 4 is 18.0 Å². The molecule has 0 bridgehead atoms. The van der Waals surface area contributed by atoms with Crippen molar-refractivity contribution in [2.75, 3.05) is 19.7 Å². The number of nitrogens with zero attached hydrogens (tertiary/aromatic N) is 1. The number of carboxylic acids is 1. The van der Waals surface area contributed by atoms with E-state index in [0.29, 0.717) is 6.54 Å². The fraction of sp³-hybridized carbons (Fsp3) is 0.346. The average molecular weight is 449 g/mol. The largest absolute Gasteiger partial charge is 0.480 e. The lowest BCUT2D eigenvalue weighted by Gasteiger charge is -2.36. The van der Waals surface area contributed by atoms with E-state index in [1.807, 2.05) is 31.2 Å². The summed E-state index contributed by atoms with van der Waals surface area (Å²) in [5.74, 6) is -1.45. The molecule has 7 nitrogen and oxygen atoms in total. The highest BCUT2D eigenvalue weighted by atomic mass is 16.5. The fourth-order valence-electron chi connectivity index (χ4n) is 4.86. The Hall–Kier alpha value is -3.61. The molecule has 2 N–H and O–H groups in total. The summed E-state index contributed by atoms with van der Waals surface area (Å²) in [7, 11) is 0. The Kier molecular flexibility index (Phi) is 6.77. The molecule has 1 heterocycles. The van der Waals surface area contributed by atoms with Gasteiger partial charge in [-0.25, -0.2) is 9.59 Å². The Balaban J connectivity index is 1.29. The Labute approximate surface area is 193 Å². The van der Waals surface area contributed by atoms with Crippen molar-refractivity contribution in [3.8, 4) is 11.1 Å². The molecule has 2 amide bonds. The number of amides is 2. The van der Waals surface area contributed by atoms with Gasteiger partial charge in [-0.3, -0.25) is 4.79 Å². The second kappa shape index (κ2) is 9.90. The lowest BCUT2D eigenvalue weighted by molar-refractivity contribution is -0.152. The Morgan fingerprint density at radius 2 is 1.73 bits per heavy atom. The van der Waals surface area contributed by atoms with Crippen LogP contribution in [0.5, 0.6) is 0 Å². The van der Waals surface area contributed by atoms with Crippen LogP contribution in [-0.4, -0.2) is 53.7 Å². The Morgan fingerprint density at radius 3 is 2.36 bits per heavy atom. The first-order valence-electron chi connectivity index (χ1n) is 11.3. The fourth-order valence-corrected chi connectivity index (χ4v) is 4.86. The molecule has 2 aromatic rings. The van der Waals surface area contributed by atoms with Gasteiger partial charge in [-0.15, -0.1) is 0 Å². The minimum Gasteiger partial charge on any atom is -0.480 e. The highest BCUT2D eigenvalue weighted by Gasteiger charge is 2.36. The molecule has 1 aliphatic carbocycles. The Morgan fingerprint density at radius 1 is 1.09 bits per heavy atom. The molecule has 7 heteroatoms. The van der Waals surface area contributed by atoms with E-state index in [1.54, 1.807) is 0 Å². The molecule has 1 aliphatic heterocycles. The smallest absolute Gasteiger partial charge is 0.407 e. The average Bonchev–Trinajstić information content (AvgIpc) is 3.13. The topological polar surface area (TPSA) is 95.9 Å². The monoisotopic (exact) mass is 448 g/mol. The predicted octanol–water partition coefficient (Wildman–Crippen LogP) is 3.79. The number of hydrogen-bond donors (Lipinski definition) is 2. The lowest BCUT2D eigenvalue weighted by Crippen LogP contribution is -2.51. The van der Waals surface area contributed by atoms with E-state index >= 15 is 0 Å². The van der Waals surface area contributed by atoms with Crippen LogP contribution in [0.2, 0.25) is 0 Å². The summed E-state index contributed by atoms with van der Waals surface area (Å²) >= 11 is 0. The number of alkyl carbamates (subject to hydrolysis) is 1. The van der Waals surface area contributed by atoms with Crippen molar-refractivity contribution in [2.45, 2.75) is 31.7 Å². The van der Waals surface area contributed by atoms with Gasteiger partial charge < -0.3 is 20.1 Å². The first-order valence-corrected chi connectivity index (χ1v) is 11.3. The van der Waals surface area contributed by atoms with Crippen molar-refractivity contribution in [2.24, 2.45) is 5.92 Å². The van der Waals surface area contributed by atoms with Gasteiger partial charge in [0.25, 0.3) is 0 Å². The maximum atomic E-state index is 12.5. The molecular formula is C26H28N2O5. The van der Waals surface area contributed by atoms with Crippen LogP contribution in [0.4, 0.5) is 4.79 Å². The maximum absolute atomic E-state index is 12.5. The van der Waals surface area contributed by atoms with E-state index in [0.717, 1.165) is 35.1 Å². The van der Waals surface area contributed by atoms with Crippen LogP contribution < -0.4 is 5.32 Å². The third-order valence-electron chi connectivity index (χ3n) is 6.44. The molecule has 2 aliphatic rings. The van der Waals surface area contributed by atoms with Gasteiger partial charge in [-0.2, -0.15) is 0 Å². The third kappa shape index (κ3) is 4.77. The van der Waals surface area contributed by atoms with Gasteiger partial charge in [0.15, 0.2) is 0 Å². The van der Waals surface area contributed by atoms with E-state index in [4.69, 9.17) is 4.74 Å². The zero-order chi connectivity index (χ0) is 23.4. The molecule has 33 heavy (non-hydrogen) atoms. The van der Waals surface area contributed by atoms with Crippen LogP contribution >= 0.6 is 0 Å². The summed E-state index contributed by atoms with van der Waals surface area (Å²) in [6.45, 7) is 2.60.